The van der Waals surface area contributed by atoms with Gasteiger partial charge in [-0.05, 0) is 13.8 Å². The van der Waals surface area contributed by atoms with Gasteiger partial charge in [0.15, 0.2) is 5.78 Å². The Kier molecular flexibility index (Phi) is 4.82. The van der Waals surface area contributed by atoms with Crippen LogP contribution in [-0.4, -0.2) is 18.4 Å². The number of aryl methyl sites for hydroxylation is 1. The number of ether oxygens (including phenoxy) is 1. The highest BCUT2D eigenvalue weighted by molar-refractivity contribution is 6.09. The standard InChI is InChI=1S/C14H13NO3/c1-3-18-14(17)12(9-15)8-13(16)11-6-4-10(2)5-7-11/h4-8H,3H2,1-2H3. The van der Waals surface area contributed by atoms with Crippen molar-refractivity contribution < 1.29 is 14.3 Å². The lowest BCUT2D eigenvalue weighted by Gasteiger charge is -2.00. The summed E-state index contributed by atoms with van der Waals surface area (Å²) >= 11 is 0. The molecular formula is C14H13NO3. The Bertz CT molecular complexity index is 521. The maximum atomic E-state index is 11.8. The van der Waals surface area contributed by atoms with Crippen molar-refractivity contribution >= 4 is 11.8 Å². The quantitative estimate of drug-likeness (QED) is 0.352. The maximum absolute atomic E-state index is 11.8. The number of hydrogen-bond donors (Lipinski definition) is 0. The Morgan fingerprint density at radius 1 is 1.33 bits per heavy atom. The van der Waals surface area contributed by atoms with Crippen LogP contribution in [0.15, 0.2) is 35.9 Å². The van der Waals surface area contributed by atoms with Crippen LogP contribution in [0.25, 0.3) is 0 Å². The summed E-state index contributed by atoms with van der Waals surface area (Å²) in [6, 6.07) is 8.54. The van der Waals surface area contributed by atoms with Crippen molar-refractivity contribution in [2.24, 2.45) is 0 Å². The summed E-state index contributed by atoms with van der Waals surface area (Å²) in [5, 5.41) is 8.79. The summed E-state index contributed by atoms with van der Waals surface area (Å²) in [5.41, 5.74) is 1.17. The topological polar surface area (TPSA) is 67.2 Å². The van der Waals surface area contributed by atoms with Crippen molar-refractivity contribution in [3.8, 4) is 6.07 Å². The first-order valence-corrected chi connectivity index (χ1v) is 5.48. The van der Waals surface area contributed by atoms with E-state index in [1.165, 1.54) is 0 Å². The molecule has 0 fully saturated rings. The molecule has 0 aliphatic carbocycles. The van der Waals surface area contributed by atoms with Crippen LogP contribution in [0.3, 0.4) is 0 Å². The summed E-state index contributed by atoms with van der Waals surface area (Å²) in [6.07, 6.45) is 1.00. The van der Waals surface area contributed by atoms with Crippen LogP contribution in [0, 0.1) is 18.3 Å². The van der Waals surface area contributed by atoms with Gasteiger partial charge in [-0.3, -0.25) is 4.79 Å². The molecule has 0 amide bonds. The van der Waals surface area contributed by atoms with Crippen LogP contribution in [0.2, 0.25) is 0 Å². The average molecular weight is 243 g/mol. The maximum Gasteiger partial charge on any atom is 0.349 e. The molecule has 0 radical (unpaired) electrons. The predicted molar refractivity (Wildman–Crippen MR) is 65.8 cm³/mol. The first-order valence-electron chi connectivity index (χ1n) is 5.48. The molecule has 1 aromatic carbocycles. The Balaban J connectivity index is 2.93. The van der Waals surface area contributed by atoms with Crippen LogP contribution in [0.4, 0.5) is 0 Å². The van der Waals surface area contributed by atoms with Gasteiger partial charge in [0.05, 0.1) is 6.61 Å². The van der Waals surface area contributed by atoms with Gasteiger partial charge in [-0.25, -0.2) is 4.79 Å². The summed E-state index contributed by atoms with van der Waals surface area (Å²) in [6.45, 7) is 3.70. The van der Waals surface area contributed by atoms with Gasteiger partial charge in [-0.2, -0.15) is 5.26 Å². The largest absolute Gasteiger partial charge is 0.462 e. The highest BCUT2D eigenvalue weighted by atomic mass is 16.5. The molecule has 0 spiro atoms. The molecule has 0 aromatic heterocycles. The van der Waals surface area contributed by atoms with Gasteiger partial charge in [-0.1, -0.05) is 29.8 Å². The summed E-state index contributed by atoms with van der Waals surface area (Å²) in [5.74, 6) is -1.17. The number of hydrogen-bond acceptors (Lipinski definition) is 4. The van der Waals surface area contributed by atoms with Crippen LogP contribution in [0.5, 0.6) is 0 Å². The molecule has 1 aromatic rings. The van der Waals surface area contributed by atoms with E-state index in [9.17, 15) is 9.59 Å². The van der Waals surface area contributed by atoms with E-state index >= 15 is 0 Å². The zero-order valence-electron chi connectivity index (χ0n) is 10.3. The van der Waals surface area contributed by atoms with Gasteiger partial charge in [0.25, 0.3) is 0 Å². The Morgan fingerprint density at radius 2 is 1.94 bits per heavy atom. The number of allylic oxidation sites excluding steroid dienone is 1. The second-order valence-electron chi connectivity index (χ2n) is 3.62. The van der Waals surface area contributed by atoms with Gasteiger partial charge >= 0.3 is 5.97 Å². The van der Waals surface area contributed by atoms with E-state index in [1.54, 1.807) is 37.3 Å². The van der Waals surface area contributed by atoms with Crippen molar-refractivity contribution in [3.05, 3.63) is 47.0 Å². The number of esters is 1. The molecule has 1 rings (SSSR count). The van der Waals surface area contributed by atoms with Gasteiger partial charge in [0.2, 0.25) is 0 Å². The lowest BCUT2D eigenvalue weighted by Crippen LogP contribution is -2.08. The molecular weight excluding hydrogens is 230 g/mol. The second kappa shape index (κ2) is 6.36. The molecule has 0 saturated carbocycles. The number of nitrogens with zero attached hydrogens (tertiary/aromatic N) is 1. The Hall–Kier alpha value is -2.41. The summed E-state index contributed by atoms with van der Waals surface area (Å²) in [4.78, 5) is 23.1. The number of nitriles is 1. The fourth-order valence-electron chi connectivity index (χ4n) is 1.28. The van der Waals surface area contributed by atoms with Crippen LogP contribution < -0.4 is 0 Å². The van der Waals surface area contributed by atoms with Crippen LogP contribution in [0.1, 0.15) is 22.8 Å². The van der Waals surface area contributed by atoms with Gasteiger partial charge in [0.1, 0.15) is 11.6 Å². The molecule has 18 heavy (non-hydrogen) atoms. The fraction of sp³-hybridized carbons (Fsp3) is 0.214. The van der Waals surface area contributed by atoms with Crippen LogP contribution in [-0.2, 0) is 9.53 Å². The number of carbonyl (C=O) groups is 2. The number of rotatable bonds is 4. The van der Waals surface area contributed by atoms with E-state index in [-0.39, 0.29) is 18.0 Å². The van der Waals surface area contributed by atoms with Gasteiger partial charge in [0, 0.05) is 11.6 Å². The fourth-order valence-corrected chi connectivity index (χ4v) is 1.28. The smallest absolute Gasteiger partial charge is 0.349 e. The van der Waals surface area contributed by atoms with Crippen molar-refractivity contribution in [3.63, 3.8) is 0 Å². The third-order valence-corrected chi connectivity index (χ3v) is 2.23. The number of carbonyl (C=O) groups excluding carboxylic acids is 2. The molecule has 0 bridgehead atoms. The van der Waals surface area contributed by atoms with Crippen molar-refractivity contribution in [1.82, 2.24) is 0 Å². The average Bonchev–Trinajstić information content (AvgIpc) is 2.36. The first kappa shape index (κ1) is 13.7. The summed E-state index contributed by atoms with van der Waals surface area (Å²) < 4.78 is 4.67. The minimum atomic E-state index is -0.777. The SMILES string of the molecule is CCOC(=O)C(C#N)=CC(=O)c1ccc(C)cc1. The number of ketones is 1. The minimum Gasteiger partial charge on any atom is -0.462 e. The molecule has 4 heteroatoms. The molecule has 0 heterocycles. The third-order valence-electron chi connectivity index (χ3n) is 2.23. The van der Waals surface area contributed by atoms with E-state index in [0.29, 0.717) is 5.56 Å². The Labute approximate surface area is 105 Å². The zero-order valence-corrected chi connectivity index (χ0v) is 10.3. The van der Waals surface area contributed by atoms with E-state index in [0.717, 1.165) is 11.6 Å². The molecule has 0 N–H and O–H groups in total. The molecule has 0 unspecified atom stereocenters. The molecule has 0 saturated heterocycles. The van der Waals surface area contributed by atoms with E-state index in [2.05, 4.69) is 4.74 Å². The van der Waals surface area contributed by atoms with E-state index in [4.69, 9.17) is 5.26 Å². The van der Waals surface area contributed by atoms with Crippen LogP contribution >= 0.6 is 0 Å². The Morgan fingerprint density at radius 3 is 2.44 bits per heavy atom. The molecule has 0 aliphatic rings. The minimum absolute atomic E-state index is 0.163. The monoisotopic (exact) mass is 243 g/mol. The van der Waals surface area contributed by atoms with Crippen molar-refractivity contribution in [2.75, 3.05) is 6.61 Å². The normalized spacial score (nSPS) is 10.6. The lowest BCUT2D eigenvalue weighted by molar-refractivity contribution is -0.138. The third kappa shape index (κ3) is 3.56. The van der Waals surface area contributed by atoms with E-state index < -0.39 is 5.97 Å². The molecule has 4 nitrogen and oxygen atoms in total. The highest BCUT2D eigenvalue weighted by Crippen LogP contribution is 2.07. The zero-order chi connectivity index (χ0) is 13.5. The number of benzene rings is 1. The predicted octanol–water partition coefficient (Wildman–Crippen LogP) is 2.19. The highest BCUT2D eigenvalue weighted by Gasteiger charge is 2.12. The summed E-state index contributed by atoms with van der Waals surface area (Å²) in [7, 11) is 0. The molecule has 0 atom stereocenters. The molecule has 0 aliphatic heterocycles. The van der Waals surface area contributed by atoms with Crippen molar-refractivity contribution in [1.29, 1.82) is 5.26 Å². The lowest BCUT2D eigenvalue weighted by atomic mass is 10.1. The molecule has 92 valence electrons. The first-order chi connectivity index (χ1) is 8.58. The van der Waals surface area contributed by atoms with Crippen molar-refractivity contribution in [2.45, 2.75) is 13.8 Å². The van der Waals surface area contributed by atoms with Gasteiger partial charge in [-0.15, -0.1) is 0 Å². The van der Waals surface area contributed by atoms with Gasteiger partial charge < -0.3 is 4.74 Å². The second-order valence-corrected chi connectivity index (χ2v) is 3.62. The van der Waals surface area contributed by atoms with E-state index in [1.807, 2.05) is 6.92 Å².